The van der Waals surface area contributed by atoms with E-state index in [1.165, 1.54) is 6.07 Å². The second-order valence-electron chi connectivity index (χ2n) is 12.2. The smallest absolute Gasteiger partial charge is 0.307 e. The van der Waals surface area contributed by atoms with Crippen LogP contribution in [0.2, 0.25) is 0 Å². The maximum atomic E-state index is 15.8. The first-order valence-electron chi connectivity index (χ1n) is 13.6. The maximum Gasteiger partial charge on any atom is 0.307 e. The fourth-order valence-electron chi connectivity index (χ4n) is 6.47. The Balaban J connectivity index is 1.49. The first kappa shape index (κ1) is 27.3. The molecule has 1 saturated carbocycles. The second kappa shape index (κ2) is 10.1. The highest BCUT2D eigenvalue weighted by atomic mass is 19.1. The summed E-state index contributed by atoms with van der Waals surface area (Å²) in [5.41, 5.74) is 4.37. The van der Waals surface area contributed by atoms with Crippen molar-refractivity contribution in [2.24, 2.45) is 11.3 Å². The van der Waals surface area contributed by atoms with E-state index in [1.54, 1.807) is 19.2 Å². The van der Waals surface area contributed by atoms with Crippen LogP contribution in [0, 0.1) is 29.9 Å². The van der Waals surface area contributed by atoms with E-state index in [9.17, 15) is 14.3 Å². The Morgan fingerprint density at radius 2 is 1.87 bits per heavy atom. The van der Waals surface area contributed by atoms with E-state index in [4.69, 9.17) is 9.47 Å². The molecule has 0 aromatic heterocycles. The van der Waals surface area contributed by atoms with E-state index in [0.717, 1.165) is 40.7 Å². The zero-order valence-corrected chi connectivity index (χ0v) is 23.2. The summed E-state index contributed by atoms with van der Waals surface area (Å²) in [6.45, 7) is 8.25. The lowest BCUT2D eigenvalue weighted by Crippen LogP contribution is -2.23. The maximum absolute atomic E-state index is 15.8. The SMILES string of the molecule is CO[C@H](c1cc(COc2ccc3c(c2F)[C@]2(CCC3)C[C@H]2C(=O)O)ccc1-c1cc(C)ccc1F)C(C)(C)C. The van der Waals surface area contributed by atoms with Gasteiger partial charge in [0.1, 0.15) is 12.4 Å². The topological polar surface area (TPSA) is 55.8 Å². The number of carbonyl (C=O) groups is 1. The number of halogens is 2. The van der Waals surface area contributed by atoms with Gasteiger partial charge >= 0.3 is 5.97 Å². The molecule has 206 valence electrons. The second-order valence-corrected chi connectivity index (χ2v) is 12.2. The van der Waals surface area contributed by atoms with Gasteiger partial charge in [0.25, 0.3) is 0 Å². The first-order valence-corrected chi connectivity index (χ1v) is 13.6. The van der Waals surface area contributed by atoms with Crippen molar-refractivity contribution < 1.29 is 28.2 Å². The lowest BCUT2D eigenvalue weighted by atomic mass is 9.78. The minimum absolute atomic E-state index is 0.106. The van der Waals surface area contributed by atoms with Crippen LogP contribution >= 0.6 is 0 Å². The Bertz CT molecular complexity index is 1420. The van der Waals surface area contributed by atoms with Crippen molar-refractivity contribution in [2.75, 3.05) is 7.11 Å². The van der Waals surface area contributed by atoms with Crippen molar-refractivity contribution in [2.45, 2.75) is 71.5 Å². The Labute approximate surface area is 229 Å². The number of fused-ring (bicyclic) bond motifs is 2. The highest BCUT2D eigenvalue weighted by Gasteiger charge is 2.62. The molecule has 2 aliphatic rings. The van der Waals surface area contributed by atoms with Crippen molar-refractivity contribution in [1.82, 2.24) is 0 Å². The molecule has 0 bridgehead atoms. The number of hydrogen-bond acceptors (Lipinski definition) is 3. The Morgan fingerprint density at radius 1 is 1.10 bits per heavy atom. The fourth-order valence-corrected chi connectivity index (χ4v) is 6.47. The highest BCUT2D eigenvalue weighted by Crippen LogP contribution is 2.61. The molecule has 6 heteroatoms. The first-order chi connectivity index (χ1) is 18.5. The number of aliphatic carboxylic acids is 1. The minimum Gasteiger partial charge on any atom is -0.486 e. The van der Waals surface area contributed by atoms with Crippen molar-refractivity contribution in [3.8, 4) is 16.9 Å². The van der Waals surface area contributed by atoms with Crippen LogP contribution in [0.3, 0.4) is 0 Å². The van der Waals surface area contributed by atoms with Crippen LogP contribution in [0.5, 0.6) is 5.75 Å². The van der Waals surface area contributed by atoms with Crippen LogP contribution in [-0.4, -0.2) is 18.2 Å². The number of benzene rings is 3. The molecule has 1 N–H and O–H groups in total. The molecule has 0 saturated heterocycles. The van der Waals surface area contributed by atoms with Crippen LogP contribution in [0.15, 0.2) is 48.5 Å². The van der Waals surface area contributed by atoms with Crippen LogP contribution in [0.1, 0.15) is 74.0 Å². The molecule has 1 spiro atoms. The van der Waals surface area contributed by atoms with Gasteiger partial charge in [-0.1, -0.05) is 50.6 Å². The molecule has 2 aliphatic carbocycles. The van der Waals surface area contributed by atoms with Crippen molar-refractivity contribution >= 4 is 5.97 Å². The number of hydrogen-bond donors (Lipinski definition) is 1. The third kappa shape index (κ3) is 4.95. The van der Waals surface area contributed by atoms with Gasteiger partial charge in [0, 0.05) is 23.7 Å². The van der Waals surface area contributed by atoms with Crippen molar-refractivity contribution in [3.63, 3.8) is 0 Å². The molecule has 0 aliphatic heterocycles. The molecule has 0 heterocycles. The molecule has 39 heavy (non-hydrogen) atoms. The molecule has 3 aromatic carbocycles. The largest absolute Gasteiger partial charge is 0.486 e. The number of aryl methyl sites for hydroxylation is 2. The monoisotopic (exact) mass is 534 g/mol. The summed E-state index contributed by atoms with van der Waals surface area (Å²) in [5.74, 6) is -2.03. The standard InChI is InChI=1S/C33H36F2O4/c1-19-8-12-26(34)23(15-19)22-11-9-20(16-24(22)30(38-5)32(2,3)4)18-39-27-13-10-21-7-6-14-33(28(21)29(27)35)17-25(33)31(36)37/h8-13,15-16,25,30H,6-7,14,17-18H2,1-5H3,(H,36,37)/t25-,30+,33+/m0/s1. The molecule has 0 amide bonds. The third-order valence-corrected chi connectivity index (χ3v) is 8.36. The summed E-state index contributed by atoms with van der Waals surface area (Å²) in [6.07, 6.45) is 2.44. The summed E-state index contributed by atoms with van der Waals surface area (Å²) in [5, 5.41) is 9.61. The molecule has 3 atom stereocenters. The molecule has 0 unspecified atom stereocenters. The summed E-state index contributed by atoms with van der Waals surface area (Å²) >= 11 is 0. The number of ether oxygens (including phenoxy) is 2. The summed E-state index contributed by atoms with van der Waals surface area (Å²) in [7, 11) is 1.65. The van der Waals surface area contributed by atoms with Gasteiger partial charge in [-0.2, -0.15) is 0 Å². The van der Waals surface area contributed by atoms with Gasteiger partial charge in [0.05, 0.1) is 12.0 Å². The van der Waals surface area contributed by atoms with Crippen LogP contribution in [0.4, 0.5) is 8.78 Å². The van der Waals surface area contributed by atoms with Gasteiger partial charge in [0.15, 0.2) is 11.6 Å². The quantitative estimate of drug-likeness (QED) is 0.334. The van der Waals surface area contributed by atoms with Crippen molar-refractivity contribution in [1.29, 1.82) is 0 Å². The lowest BCUT2D eigenvalue weighted by molar-refractivity contribution is -0.139. The highest BCUT2D eigenvalue weighted by molar-refractivity contribution is 5.78. The predicted octanol–water partition coefficient (Wildman–Crippen LogP) is 7.93. The molecular formula is C33H36F2O4. The summed E-state index contributed by atoms with van der Waals surface area (Å²) < 4.78 is 42.7. The van der Waals surface area contributed by atoms with Gasteiger partial charge < -0.3 is 14.6 Å². The number of rotatable bonds is 7. The van der Waals surface area contributed by atoms with Gasteiger partial charge in [-0.3, -0.25) is 4.79 Å². The van der Waals surface area contributed by atoms with E-state index < -0.39 is 23.1 Å². The summed E-state index contributed by atoms with van der Waals surface area (Å²) in [6, 6.07) is 14.3. The van der Waals surface area contributed by atoms with Crippen LogP contribution in [0.25, 0.3) is 11.1 Å². The lowest BCUT2D eigenvalue weighted by Gasteiger charge is -2.32. The Hall–Kier alpha value is -3.25. The molecule has 3 aromatic rings. The summed E-state index contributed by atoms with van der Waals surface area (Å²) in [4.78, 5) is 11.7. The van der Waals surface area contributed by atoms with Gasteiger partial charge in [-0.05, 0) is 84.5 Å². The fraction of sp³-hybridized carbons (Fsp3) is 0.424. The van der Waals surface area contributed by atoms with Gasteiger partial charge in [0.2, 0.25) is 0 Å². The van der Waals surface area contributed by atoms with Gasteiger partial charge in [-0.15, -0.1) is 0 Å². The zero-order chi connectivity index (χ0) is 28.1. The number of carboxylic acid groups (broad SMARTS) is 1. The molecule has 5 rings (SSSR count). The van der Waals surface area contributed by atoms with E-state index in [-0.39, 0.29) is 29.7 Å². The molecule has 1 fully saturated rings. The minimum atomic E-state index is -0.863. The van der Waals surface area contributed by atoms with Gasteiger partial charge in [-0.25, -0.2) is 8.78 Å². The average Bonchev–Trinajstić information content (AvgIpc) is 3.59. The normalized spacial score (nSPS) is 20.9. The molecule has 0 radical (unpaired) electrons. The Kier molecular flexibility index (Phi) is 7.04. The zero-order valence-electron chi connectivity index (χ0n) is 23.2. The van der Waals surface area contributed by atoms with E-state index in [1.807, 2.05) is 37.3 Å². The van der Waals surface area contributed by atoms with Crippen LogP contribution in [-0.2, 0) is 28.0 Å². The molecule has 4 nitrogen and oxygen atoms in total. The average molecular weight is 535 g/mol. The van der Waals surface area contributed by atoms with Crippen LogP contribution < -0.4 is 4.74 Å². The van der Waals surface area contributed by atoms with E-state index >= 15 is 4.39 Å². The number of carboxylic acids is 1. The van der Waals surface area contributed by atoms with E-state index in [2.05, 4.69) is 20.8 Å². The number of methoxy groups -OCH3 is 1. The predicted molar refractivity (Wildman–Crippen MR) is 147 cm³/mol. The Morgan fingerprint density at radius 3 is 2.54 bits per heavy atom. The van der Waals surface area contributed by atoms with Crippen molar-refractivity contribution in [3.05, 3.63) is 88.0 Å². The third-order valence-electron chi connectivity index (χ3n) is 8.36. The van der Waals surface area contributed by atoms with E-state index in [0.29, 0.717) is 24.0 Å². The molecular weight excluding hydrogens is 498 g/mol.